The van der Waals surface area contributed by atoms with Gasteiger partial charge in [-0.05, 0) is 55.3 Å². The van der Waals surface area contributed by atoms with Crippen molar-refractivity contribution in [3.63, 3.8) is 0 Å². The van der Waals surface area contributed by atoms with Gasteiger partial charge < -0.3 is 19.5 Å². The quantitative estimate of drug-likeness (QED) is 0.516. The van der Waals surface area contributed by atoms with Crippen LogP contribution in [0.15, 0.2) is 66.4 Å². The van der Waals surface area contributed by atoms with Crippen molar-refractivity contribution >= 4 is 28.8 Å². The zero-order valence-corrected chi connectivity index (χ0v) is 19.8. The number of anilines is 2. The molecule has 34 heavy (non-hydrogen) atoms. The summed E-state index contributed by atoms with van der Waals surface area (Å²) in [6, 6.07) is 17.8. The van der Waals surface area contributed by atoms with Crippen molar-refractivity contribution in [2.75, 3.05) is 31.5 Å². The Balaban J connectivity index is 1.90. The number of carbonyl (C=O) groups is 2. The van der Waals surface area contributed by atoms with Crippen molar-refractivity contribution in [3.8, 4) is 17.2 Å². The number of aryl methyl sites for hydroxylation is 2. The Morgan fingerprint density at radius 2 is 1.47 bits per heavy atom. The molecule has 1 aliphatic rings. The highest BCUT2D eigenvalue weighted by atomic mass is 16.5. The molecule has 7 nitrogen and oxygen atoms in total. The molecule has 0 unspecified atom stereocenters. The van der Waals surface area contributed by atoms with Crippen LogP contribution < -0.4 is 24.4 Å². The summed E-state index contributed by atoms with van der Waals surface area (Å²) in [6.45, 7) is 3.92. The van der Waals surface area contributed by atoms with E-state index in [0.717, 1.165) is 11.1 Å². The number of nitrogens with one attached hydrogen (secondary N) is 1. The minimum Gasteiger partial charge on any atom is -0.497 e. The number of hydrogen-bond donors (Lipinski definition) is 1. The van der Waals surface area contributed by atoms with Crippen LogP contribution in [0.2, 0.25) is 0 Å². The van der Waals surface area contributed by atoms with Gasteiger partial charge in [-0.15, -0.1) is 0 Å². The molecule has 7 heteroatoms. The summed E-state index contributed by atoms with van der Waals surface area (Å²) in [7, 11) is 4.61. The highest BCUT2D eigenvalue weighted by molar-refractivity contribution is 6.46. The topological polar surface area (TPSA) is 77.1 Å². The predicted octanol–water partition coefficient (Wildman–Crippen LogP) is 4.73. The van der Waals surface area contributed by atoms with Gasteiger partial charge in [0.05, 0.1) is 38.3 Å². The van der Waals surface area contributed by atoms with E-state index in [1.165, 1.54) is 19.1 Å². The summed E-state index contributed by atoms with van der Waals surface area (Å²) in [4.78, 5) is 28.7. The Hall–Kier alpha value is -4.26. The second-order valence-corrected chi connectivity index (χ2v) is 7.86. The van der Waals surface area contributed by atoms with Gasteiger partial charge in [-0.2, -0.15) is 0 Å². The number of imide groups is 1. The van der Waals surface area contributed by atoms with Gasteiger partial charge in [0.2, 0.25) is 0 Å². The number of methoxy groups -OCH3 is 3. The molecule has 0 spiro atoms. The maximum atomic E-state index is 13.8. The molecule has 0 saturated heterocycles. The van der Waals surface area contributed by atoms with E-state index < -0.39 is 11.8 Å². The molecule has 0 atom stereocenters. The molecule has 0 saturated carbocycles. The van der Waals surface area contributed by atoms with Crippen LogP contribution in [0.5, 0.6) is 17.2 Å². The molecule has 3 aromatic carbocycles. The summed E-state index contributed by atoms with van der Waals surface area (Å²) < 4.78 is 16.3. The number of rotatable bonds is 7. The number of hydrogen-bond acceptors (Lipinski definition) is 6. The van der Waals surface area contributed by atoms with E-state index in [0.29, 0.717) is 34.2 Å². The van der Waals surface area contributed by atoms with Crippen molar-refractivity contribution in [1.82, 2.24) is 0 Å². The lowest BCUT2D eigenvalue weighted by atomic mass is 10.0. The zero-order valence-electron chi connectivity index (χ0n) is 19.8. The molecule has 1 N–H and O–H groups in total. The maximum absolute atomic E-state index is 13.8. The second kappa shape index (κ2) is 9.31. The summed E-state index contributed by atoms with van der Waals surface area (Å²) in [5, 5.41) is 3.15. The fraction of sp³-hybridized carbons (Fsp3) is 0.185. The number of amides is 2. The SMILES string of the molecule is COc1ccc(OC)c(NC2=C(c3ccccc3OC)C(=O)N(c3ccc(C)c(C)c3)C2=O)c1. The number of ether oxygens (including phenoxy) is 3. The third-order valence-electron chi connectivity index (χ3n) is 5.88. The fourth-order valence-electron chi connectivity index (χ4n) is 3.89. The molecule has 4 rings (SSSR count). The lowest BCUT2D eigenvalue weighted by Gasteiger charge is -2.17. The van der Waals surface area contributed by atoms with Crippen LogP contribution in [0.4, 0.5) is 11.4 Å². The molecule has 0 radical (unpaired) electrons. The van der Waals surface area contributed by atoms with E-state index in [4.69, 9.17) is 14.2 Å². The van der Waals surface area contributed by atoms with Gasteiger partial charge in [-0.3, -0.25) is 9.59 Å². The van der Waals surface area contributed by atoms with Crippen molar-refractivity contribution in [1.29, 1.82) is 0 Å². The molecule has 1 aliphatic heterocycles. The fourth-order valence-corrected chi connectivity index (χ4v) is 3.89. The van der Waals surface area contributed by atoms with Crippen molar-refractivity contribution in [3.05, 3.63) is 83.1 Å². The van der Waals surface area contributed by atoms with E-state index in [2.05, 4.69) is 5.32 Å². The van der Waals surface area contributed by atoms with E-state index in [1.807, 2.05) is 32.0 Å². The van der Waals surface area contributed by atoms with E-state index in [9.17, 15) is 9.59 Å². The number of para-hydroxylation sites is 1. The van der Waals surface area contributed by atoms with E-state index in [-0.39, 0.29) is 11.3 Å². The monoisotopic (exact) mass is 458 g/mol. The summed E-state index contributed by atoms with van der Waals surface area (Å²) in [5.74, 6) is 0.640. The van der Waals surface area contributed by atoms with Crippen molar-refractivity contribution in [2.45, 2.75) is 13.8 Å². The molecule has 3 aromatic rings. The highest BCUT2D eigenvalue weighted by Crippen LogP contribution is 2.39. The molecule has 0 aliphatic carbocycles. The van der Waals surface area contributed by atoms with E-state index >= 15 is 0 Å². The van der Waals surface area contributed by atoms with Gasteiger partial charge in [0, 0.05) is 11.6 Å². The summed E-state index contributed by atoms with van der Waals surface area (Å²) in [6.07, 6.45) is 0. The second-order valence-electron chi connectivity index (χ2n) is 7.86. The molecule has 1 heterocycles. The third-order valence-corrected chi connectivity index (χ3v) is 5.88. The Labute approximate surface area is 198 Å². The number of benzene rings is 3. The maximum Gasteiger partial charge on any atom is 0.282 e. The van der Waals surface area contributed by atoms with Gasteiger partial charge in [0.25, 0.3) is 11.8 Å². The van der Waals surface area contributed by atoms with Crippen LogP contribution in [-0.2, 0) is 9.59 Å². The Morgan fingerprint density at radius 3 is 2.15 bits per heavy atom. The van der Waals surface area contributed by atoms with E-state index in [1.54, 1.807) is 49.6 Å². The van der Waals surface area contributed by atoms with Crippen molar-refractivity contribution in [2.24, 2.45) is 0 Å². The molecular weight excluding hydrogens is 432 g/mol. The van der Waals surface area contributed by atoms with Crippen molar-refractivity contribution < 1.29 is 23.8 Å². The number of nitrogens with zero attached hydrogens (tertiary/aromatic N) is 1. The predicted molar refractivity (Wildman–Crippen MR) is 131 cm³/mol. The Bertz CT molecular complexity index is 1310. The van der Waals surface area contributed by atoms with Gasteiger partial charge in [-0.25, -0.2) is 4.90 Å². The largest absolute Gasteiger partial charge is 0.497 e. The van der Waals surface area contributed by atoms with Crippen LogP contribution in [0.1, 0.15) is 16.7 Å². The van der Waals surface area contributed by atoms with Gasteiger partial charge in [0.15, 0.2) is 0 Å². The normalized spacial score (nSPS) is 13.4. The lowest BCUT2D eigenvalue weighted by Crippen LogP contribution is -2.32. The van der Waals surface area contributed by atoms with Crippen LogP contribution >= 0.6 is 0 Å². The molecule has 0 aromatic heterocycles. The van der Waals surface area contributed by atoms with Crippen LogP contribution in [0, 0.1) is 13.8 Å². The van der Waals surface area contributed by atoms with Gasteiger partial charge in [0.1, 0.15) is 22.9 Å². The first-order chi connectivity index (χ1) is 16.4. The average molecular weight is 459 g/mol. The van der Waals surface area contributed by atoms with Crippen LogP contribution in [0.25, 0.3) is 5.57 Å². The Morgan fingerprint density at radius 1 is 0.735 bits per heavy atom. The standard InChI is InChI=1S/C27H26N2O5/c1-16-10-11-18(14-17(16)2)29-26(30)24(20-8-6-7-9-22(20)33-4)25(27(29)31)28-21-15-19(32-3)12-13-23(21)34-5/h6-15,28H,1-5H3. The molecule has 0 bridgehead atoms. The number of carbonyl (C=O) groups excluding carboxylic acids is 2. The first-order valence-electron chi connectivity index (χ1n) is 10.7. The minimum atomic E-state index is -0.473. The van der Waals surface area contributed by atoms with Gasteiger partial charge >= 0.3 is 0 Å². The highest BCUT2D eigenvalue weighted by Gasteiger charge is 2.41. The summed E-state index contributed by atoms with van der Waals surface area (Å²) >= 11 is 0. The Kier molecular flexibility index (Phi) is 6.27. The minimum absolute atomic E-state index is 0.124. The average Bonchev–Trinajstić information content (AvgIpc) is 3.09. The molecule has 0 fully saturated rings. The zero-order chi connectivity index (χ0) is 24.4. The molecule has 174 valence electrons. The summed E-state index contributed by atoms with van der Waals surface area (Å²) in [5.41, 5.74) is 3.89. The molecule has 2 amide bonds. The first kappa shape index (κ1) is 22.9. The van der Waals surface area contributed by atoms with Crippen LogP contribution in [0.3, 0.4) is 0 Å². The molecular formula is C27H26N2O5. The van der Waals surface area contributed by atoms with Crippen LogP contribution in [-0.4, -0.2) is 33.1 Å². The lowest BCUT2D eigenvalue weighted by molar-refractivity contribution is -0.120. The van der Waals surface area contributed by atoms with Gasteiger partial charge in [-0.1, -0.05) is 24.3 Å². The first-order valence-corrected chi connectivity index (χ1v) is 10.7. The smallest absolute Gasteiger partial charge is 0.282 e. The third kappa shape index (κ3) is 3.96.